The first-order valence-electron chi connectivity index (χ1n) is 5.26. The first-order valence-corrected chi connectivity index (χ1v) is 5.26. The first-order chi connectivity index (χ1) is 7.61. The van der Waals surface area contributed by atoms with Crippen molar-refractivity contribution in [1.29, 1.82) is 0 Å². The first kappa shape index (κ1) is 10.9. The summed E-state index contributed by atoms with van der Waals surface area (Å²) in [6.45, 7) is 1.77. The van der Waals surface area contributed by atoms with E-state index in [1.54, 1.807) is 14.0 Å². The Kier molecular flexibility index (Phi) is 2.82. The molecule has 1 aliphatic carbocycles. The van der Waals surface area contributed by atoms with Crippen molar-refractivity contribution in [2.24, 2.45) is 0 Å². The minimum absolute atomic E-state index is 0.164. The normalized spacial score (nSPS) is 23.9. The minimum Gasteiger partial charge on any atom is -0.382 e. The van der Waals surface area contributed by atoms with Crippen LogP contribution in [0.4, 0.5) is 5.82 Å². The van der Waals surface area contributed by atoms with Crippen LogP contribution in [0.2, 0.25) is 0 Å². The molecule has 0 aromatic carbocycles. The zero-order chi connectivity index (χ0) is 11.7. The van der Waals surface area contributed by atoms with Crippen LogP contribution in [0.25, 0.3) is 0 Å². The summed E-state index contributed by atoms with van der Waals surface area (Å²) in [7, 11) is 1.68. The number of nitrogens with one attached hydrogen (secondary N) is 2. The number of aromatic nitrogens is 2. The Morgan fingerprint density at radius 1 is 1.62 bits per heavy atom. The molecule has 16 heavy (non-hydrogen) atoms. The number of anilines is 1. The number of carbonyl (C=O) groups excluding carboxylic acids is 1. The van der Waals surface area contributed by atoms with Crippen molar-refractivity contribution < 1.29 is 9.53 Å². The number of rotatable bonds is 3. The van der Waals surface area contributed by atoms with Crippen molar-refractivity contribution in [3.63, 3.8) is 0 Å². The topological polar surface area (TPSA) is 93.0 Å². The lowest BCUT2D eigenvalue weighted by Crippen LogP contribution is -2.47. The van der Waals surface area contributed by atoms with Gasteiger partial charge in [0.2, 0.25) is 0 Å². The molecule has 1 aromatic heterocycles. The SMILES string of the molecule is COC1CC(NC(=O)c2c(N)n[nH]c2C)C1. The molecule has 1 aliphatic rings. The molecule has 1 heterocycles. The maximum Gasteiger partial charge on any atom is 0.257 e. The Hall–Kier alpha value is -1.56. The molecule has 0 atom stereocenters. The number of H-pyrrole nitrogens is 1. The molecule has 88 valence electrons. The van der Waals surface area contributed by atoms with Crippen molar-refractivity contribution in [3.05, 3.63) is 11.3 Å². The average molecular weight is 224 g/mol. The molecule has 1 fully saturated rings. The van der Waals surface area contributed by atoms with Gasteiger partial charge in [0.25, 0.3) is 5.91 Å². The van der Waals surface area contributed by atoms with Gasteiger partial charge in [0.05, 0.1) is 6.10 Å². The number of nitrogens with two attached hydrogens (primary N) is 1. The fraction of sp³-hybridized carbons (Fsp3) is 0.600. The van der Waals surface area contributed by atoms with Crippen molar-refractivity contribution in [2.75, 3.05) is 12.8 Å². The van der Waals surface area contributed by atoms with Gasteiger partial charge in [0.15, 0.2) is 5.82 Å². The maximum atomic E-state index is 11.9. The average Bonchev–Trinajstić information content (AvgIpc) is 2.51. The van der Waals surface area contributed by atoms with Gasteiger partial charge in [-0.05, 0) is 19.8 Å². The number of amides is 1. The van der Waals surface area contributed by atoms with E-state index in [4.69, 9.17) is 10.5 Å². The number of carbonyl (C=O) groups is 1. The van der Waals surface area contributed by atoms with Crippen LogP contribution < -0.4 is 11.1 Å². The molecule has 0 radical (unpaired) electrons. The van der Waals surface area contributed by atoms with Crippen molar-refractivity contribution in [3.8, 4) is 0 Å². The largest absolute Gasteiger partial charge is 0.382 e. The summed E-state index contributed by atoms with van der Waals surface area (Å²) in [6.07, 6.45) is 1.99. The van der Waals surface area contributed by atoms with Crippen molar-refractivity contribution in [2.45, 2.75) is 31.9 Å². The van der Waals surface area contributed by atoms with E-state index in [0.717, 1.165) is 12.8 Å². The summed E-state index contributed by atoms with van der Waals surface area (Å²) >= 11 is 0. The van der Waals surface area contributed by atoms with E-state index in [1.165, 1.54) is 0 Å². The fourth-order valence-electron chi connectivity index (χ4n) is 1.87. The van der Waals surface area contributed by atoms with Gasteiger partial charge in [-0.1, -0.05) is 0 Å². The highest BCUT2D eigenvalue weighted by Gasteiger charge is 2.31. The molecule has 2 rings (SSSR count). The molecule has 1 saturated carbocycles. The van der Waals surface area contributed by atoms with Crippen LogP contribution >= 0.6 is 0 Å². The smallest absolute Gasteiger partial charge is 0.257 e. The molecule has 0 aliphatic heterocycles. The maximum absolute atomic E-state index is 11.9. The van der Waals surface area contributed by atoms with E-state index in [9.17, 15) is 4.79 Å². The quantitative estimate of drug-likeness (QED) is 0.684. The van der Waals surface area contributed by atoms with Gasteiger partial charge in [0.1, 0.15) is 5.56 Å². The van der Waals surface area contributed by atoms with Crippen LogP contribution in [-0.2, 0) is 4.74 Å². The summed E-state index contributed by atoms with van der Waals surface area (Å²) in [6, 6.07) is 0.186. The summed E-state index contributed by atoms with van der Waals surface area (Å²) < 4.78 is 5.14. The third kappa shape index (κ3) is 1.88. The molecule has 6 heteroatoms. The molecule has 0 bridgehead atoms. The molecule has 6 nitrogen and oxygen atoms in total. The number of aromatic amines is 1. The highest BCUT2D eigenvalue weighted by molar-refractivity contribution is 5.99. The van der Waals surface area contributed by atoms with Gasteiger partial charge < -0.3 is 15.8 Å². The number of aryl methyl sites for hydroxylation is 1. The van der Waals surface area contributed by atoms with Crippen LogP contribution in [0.5, 0.6) is 0 Å². The second-order valence-electron chi connectivity index (χ2n) is 4.11. The number of hydrogen-bond donors (Lipinski definition) is 3. The van der Waals surface area contributed by atoms with Crippen LogP contribution in [0.1, 0.15) is 28.9 Å². The molecule has 1 aromatic rings. The van der Waals surface area contributed by atoms with Crippen molar-refractivity contribution in [1.82, 2.24) is 15.5 Å². The van der Waals surface area contributed by atoms with Crippen LogP contribution in [0, 0.1) is 6.92 Å². The van der Waals surface area contributed by atoms with Crippen LogP contribution in [0.15, 0.2) is 0 Å². The Balaban J connectivity index is 1.94. The van der Waals surface area contributed by atoms with Gasteiger partial charge in [0, 0.05) is 18.8 Å². The van der Waals surface area contributed by atoms with Gasteiger partial charge >= 0.3 is 0 Å². The van der Waals surface area contributed by atoms with Gasteiger partial charge in [-0.3, -0.25) is 9.89 Å². The Morgan fingerprint density at radius 3 is 2.81 bits per heavy atom. The van der Waals surface area contributed by atoms with E-state index >= 15 is 0 Å². The van der Waals surface area contributed by atoms with E-state index < -0.39 is 0 Å². The minimum atomic E-state index is -0.164. The molecule has 4 N–H and O–H groups in total. The number of methoxy groups -OCH3 is 1. The van der Waals surface area contributed by atoms with E-state index in [-0.39, 0.29) is 23.9 Å². The highest BCUT2D eigenvalue weighted by atomic mass is 16.5. The van der Waals surface area contributed by atoms with Crippen LogP contribution in [-0.4, -0.2) is 35.4 Å². The second kappa shape index (κ2) is 4.13. The third-order valence-electron chi connectivity index (χ3n) is 2.97. The van der Waals surface area contributed by atoms with Gasteiger partial charge in [-0.25, -0.2) is 0 Å². The van der Waals surface area contributed by atoms with Gasteiger partial charge in [-0.15, -0.1) is 0 Å². The lowest BCUT2D eigenvalue weighted by molar-refractivity contribution is 0.0176. The monoisotopic (exact) mass is 224 g/mol. The zero-order valence-electron chi connectivity index (χ0n) is 9.41. The standard InChI is InChI=1S/C10H16N4O2/c1-5-8(9(11)14-13-5)10(15)12-6-3-7(4-6)16-2/h6-7H,3-4H2,1-2H3,(H,12,15)(H3,11,13,14). The highest BCUT2D eigenvalue weighted by Crippen LogP contribution is 2.23. The summed E-state index contributed by atoms with van der Waals surface area (Å²) in [5.41, 5.74) is 6.74. The predicted molar refractivity (Wildman–Crippen MR) is 59.0 cm³/mol. The molecular formula is C10H16N4O2. The zero-order valence-corrected chi connectivity index (χ0v) is 9.41. The van der Waals surface area contributed by atoms with E-state index in [2.05, 4.69) is 15.5 Å². The Morgan fingerprint density at radius 2 is 2.31 bits per heavy atom. The molecular weight excluding hydrogens is 208 g/mol. The lowest BCUT2D eigenvalue weighted by Gasteiger charge is -2.34. The second-order valence-corrected chi connectivity index (χ2v) is 4.11. The Labute approximate surface area is 93.5 Å². The molecule has 1 amide bonds. The lowest BCUT2D eigenvalue weighted by atomic mass is 9.89. The number of nitrogens with zero attached hydrogens (tertiary/aromatic N) is 1. The Bertz CT molecular complexity index is 376. The van der Waals surface area contributed by atoms with E-state index in [1.807, 2.05) is 0 Å². The predicted octanol–water partition coefficient (Wildman–Crippen LogP) is 0.208. The molecule has 0 saturated heterocycles. The van der Waals surface area contributed by atoms with Gasteiger partial charge in [-0.2, -0.15) is 5.10 Å². The fourth-order valence-corrected chi connectivity index (χ4v) is 1.87. The molecule has 0 spiro atoms. The number of hydrogen-bond acceptors (Lipinski definition) is 4. The summed E-state index contributed by atoms with van der Waals surface area (Å²) in [4.78, 5) is 11.9. The van der Waals surface area contributed by atoms with Crippen molar-refractivity contribution >= 4 is 11.7 Å². The summed E-state index contributed by atoms with van der Waals surface area (Å²) in [5.74, 6) is 0.0842. The van der Waals surface area contributed by atoms with Crippen LogP contribution in [0.3, 0.4) is 0 Å². The van der Waals surface area contributed by atoms with E-state index in [0.29, 0.717) is 11.3 Å². The number of ether oxygens (including phenoxy) is 1. The number of nitrogen functional groups attached to an aromatic ring is 1. The third-order valence-corrected chi connectivity index (χ3v) is 2.97. The summed E-state index contributed by atoms with van der Waals surface area (Å²) in [5, 5.41) is 9.38. The molecule has 0 unspecified atom stereocenters.